The monoisotopic (exact) mass is 532 g/mol. The molecule has 0 heterocycles. The van der Waals surface area contributed by atoms with Gasteiger partial charge in [0.2, 0.25) is 0 Å². The molecule has 0 saturated carbocycles. The lowest BCUT2D eigenvalue weighted by atomic mass is 9.85. The van der Waals surface area contributed by atoms with Crippen LogP contribution in [0.15, 0.2) is 91.0 Å². The van der Waals surface area contributed by atoms with Crippen molar-refractivity contribution in [3.63, 3.8) is 0 Å². The second-order valence-electron chi connectivity index (χ2n) is 12.2. The van der Waals surface area contributed by atoms with Crippen molar-refractivity contribution in [2.45, 2.75) is 97.2 Å². The topological polar surface area (TPSA) is 38.7 Å². The first-order chi connectivity index (χ1) is 18.0. The number of aliphatic hydroxyl groups is 1. The highest BCUT2D eigenvalue weighted by atomic mass is 28.4. The predicted molar refractivity (Wildman–Crippen MR) is 162 cm³/mol. The smallest absolute Gasteiger partial charge is 0.261 e. The molecule has 0 radical (unpaired) electrons. The quantitative estimate of drug-likeness (QED) is 0.238. The second-order valence-corrected chi connectivity index (χ2v) is 16.5. The largest absolute Gasteiger partial charge is 0.405 e. The van der Waals surface area contributed by atoms with Gasteiger partial charge in [-0.2, -0.15) is 0 Å². The predicted octanol–water partition coefficient (Wildman–Crippen LogP) is 7.11. The minimum atomic E-state index is -2.67. The van der Waals surface area contributed by atoms with Gasteiger partial charge >= 0.3 is 0 Å². The van der Waals surface area contributed by atoms with Crippen LogP contribution in [-0.4, -0.2) is 31.2 Å². The summed E-state index contributed by atoms with van der Waals surface area (Å²) < 4.78 is 13.5. The lowest BCUT2D eigenvalue weighted by Crippen LogP contribution is -2.67. The van der Waals surface area contributed by atoms with Gasteiger partial charge in [-0.3, -0.25) is 0 Å². The Morgan fingerprint density at radius 2 is 1.21 bits per heavy atom. The summed E-state index contributed by atoms with van der Waals surface area (Å²) in [4.78, 5) is 0. The summed E-state index contributed by atoms with van der Waals surface area (Å²) in [5.41, 5.74) is 0.311. The van der Waals surface area contributed by atoms with E-state index in [-0.39, 0.29) is 23.2 Å². The highest BCUT2D eigenvalue weighted by molar-refractivity contribution is 6.99. The van der Waals surface area contributed by atoms with Gasteiger partial charge < -0.3 is 14.3 Å². The third-order valence-corrected chi connectivity index (χ3v) is 12.8. The van der Waals surface area contributed by atoms with Gasteiger partial charge in [0.25, 0.3) is 8.32 Å². The van der Waals surface area contributed by atoms with Crippen LogP contribution in [-0.2, 0) is 15.8 Å². The van der Waals surface area contributed by atoms with Crippen LogP contribution < -0.4 is 10.4 Å². The zero-order valence-corrected chi connectivity index (χ0v) is 25.5. The number of benzene rings is 3. The molecule has 0 spiro atoms. The summed E-state index contributed by atoms with van der Waals surface area (Å²) in [6.07, 6.45) is 2.12. The molecule has 0 bridgehead atoms. The lowest BCUT2D eigenvalue weighted by molar-refractivity contribution is -0.0481. The second kappa shape index (κ2) is 13.2. The Morgan fingerprint density at radius 1 is 0.737 bits per heavy atom. The first kappa shape index (κ1) is 30.3. The molecule has 206 valence electrons. The SMILES string of the molecule is CC[C@@H](OCc1ccccc1)[C@@H](C)C[C@@](C)(O)C[C@@H](C)O[Si](c1ccccc1)(c1ccccc1)C(C)(C)C. The third kappa shape index (κ3) is 7.66. The Kier molecular flexibility index (Phi) is 10.5. The van der Waals surface area contributed by atoms with Gasteiger partial charge in [0.1, 0.15) is 0 Å². The summed E-state index contributed by atoms with van der Waals surface area (Å²) in [6, 6.07) is 31.7. The van der Waals surface area contributed by atoms with E-state index in [9.17, 15) is 5.11 Å². The Morgan fingerprint density at radius 3 is 1.66 bits per heavy atom. The molecule has 4 atom stereocenters. The summed E-state index contributed by atoms with van der Waals surface area (Å²) in [5, 5.41) is 14.0. The van der Waals surface area contributed by atoms with Crippen molar-refractivity contribution in [3.8, 4) is 0 Å². The molecular weight excluding hydrogens is 484 g/mol. The number of ether oxygens (including phenoxy) is 1. The minimum absolute atomic E-state index is 0.0922. The zero-order valence-electron chi connectivity index (χ0n) is 24.5. The maximum Gasteiger partial charge on any atom is 0.261 e. The molecule has 0 fully saturated rings. The van der Waals surface area contributed by atoms with E-state index in [1.807, 2.05) is 25.1 Å². The molecule has 0 aromatic heterocycles. The van der Waals surface area contributed by atoms with E-state index in [0.717, 1.165) is 6.42 Å². The standard InChI is InChI=1S/C34H48O3Si/c1-8-32(36-26-29-18-12-9-13-19-29)27(2)24-34(7,35)25-28(3)37-38(33(4,5)6,30-20-14-10-15-21-30)31-22-16-11-17-23-31/h9-23,27-28,32,35H,8,24-26H2,1-7H3/t27-,28+,32+,34+/m0/s1. The van der Waals surface area contributed by atoms with Gasteiger partial charge in [0, 0.05) is 12.5 Å². The molecule has 0 aliphatic carbocycles. The van der Waals surface area contributed by atoms with Gasteiger partial charge in [-0.05, 0) is 53.6 Å². The van der Waals surface area contributed by atoms with Crippen molar-refractivity contribution in [1.29, 1.82) is 0 Å². The minimum Gasteiger partial charge on any atom is -0.405 e. The van der Waals surface area contributed by atoms with Crippen molar-refractivity contribution in [3.05, 3.63) is 96.6 Å². The van der Waals surface area contributed by atoms with Gasteiger partial charge in [-0.1, -0.05) is 126 Å². The zero-order chi connectivity index (χ0) is 27.8. The Bertz CT molecular complexity index is 1040. The first-order valence-corrected chi connectivity index (χ1v) is 16.1. The van der Waals surface area contributed by atoms with Crippen LogP contribution in [0.5, 0.6) is 0 Å². The van der Waals surface area contributed by atoms with E-state index in [1.54, 1.807) is 0 Å². The van der Waals surface area contributed by atoms with Crippen LogP contribution >= 0.6 is 0 Å². The maximum absolute atomic E-state index is 11.6. The fourth-order valence-electron chi connectivity index (χ4n) is 6.02. The molecule has 3 aromatic rings. The molecule has 0 unspecified atom stereocenters. The van der Waals surface area contributed by atoms with Crippen LogP contribution in [0.4, 0.5) is 0 Å². The fraction of sp³-hybridized carbons (Fsp3) is 0.471. The van der Waals surface area contributed by atoms with E-state index >= 15 is 0 Å². The van der Waals surface area contributed by atoms with Crippen LogP contribution in [0.1, 0.15) is 73.3 Å². The molecule has 0 saturated heterocycles. The normalized spacial score (nSPS) is 16.4. The van der Waals surface area contributed by atoms with E-state index in [0.29, 0.717) is 19.4 Å². The lowest BCUT2D eigenvalue weighted by Gasteiger charge is -2.45. The molecule has 0 amide bonds. The maximum atomic E-state index is 11.6. The highest BCUT2D eigenvalue weighted by Gasteiger charge is 2.51. The van der Waals surface area contributed by atoms with Crippen molar-refractivity contribution >= 4 is 18.7 Å². The van der Waals surface area contributed by atoms with Crippen LogP contribution in [0.2, 0.25) is 5.04 Å². The fourth-order valence-corrected chi connectivity index (χ4v) is 10.7. The number of hydrogen-bond donors (Lipinski definition) is 1. The number of rotatable bonds is 13. The van der Waals surface area contributed by atoms with E-state index < -0.39 is 13.9 Å². The van der Waals surface area contributed by atoms with Gasteiger partial charge in [-0.15, -0.1) is 0 Å². The summed E-state index contributed by atoms with van der Waals surface area (Å²) in [6.45, 7) is 15.9. The molecule has 4 heteroatoms. The Labute approximate surface area is 232 Å². The summed E-state index contributed by atoms with van der Waals surface area (Å²) in [5.74, 6) is 0.221. The molecule has 3 rings (SSSR count). The van der Waals surface area contributed by atoms with E-state index in [1.165, 1.54) is 15.9 Å². The van der Waals surface area contributed by atoms with E-state index in [2.05, 4.69) is 114 Å². The number of hydrogen-bond acceptors (Lipinski definition) is 3. The Balaban J connectivity index is 1.77. The molecule has 3 nitrogen and oxygen atoms in total. The van der Waals surface area contributed by atoms with Crippen molar-refractivity contribution in [1.82, 2.24) is 0 Å². The third-order valence-electron chi connectivity index (χ3n) is 7.63. The van der Waals surface area contributed by atoms with Gasteiger partial charge in [-0.25, -0.2) is 0 Å². The van der Waals surface area contributed by atoms with Gasteiger partial charge in [0.15, 0.2) is 0 Å². The Hall–Kier alpha value is -2.24. The summed E-state index contributed by atoms with van der Waals surface area (Å²) in [7, 11) is -2.67. The average molecular weight is 533 g/mol. The molecule has 38 heavy (non-hydrogen) atoms. The molecule has 3 aromatic carbocycles. The highest BCUT2D eigenvalue weighted by Crippen LogP contribution is 2.38. The van der Waals surface area contributed by atoms with Gasteiger partial charge in [0.05, 0.1) is 18.3 Å². The molecular formula is C34H48O3Si. The van der Waals surface area contributed by atoms with Crippen molar-refractivity contribution in [2.24, 2.45) is 5.92 Å². The van der Waals surface area contributed by atoms with Crippen molar-refractivity contribution in [2.75, 3.05) is 0 Å². The molecule has 0 aliphatic rings. The van der Waals surface area contributed by atoms with E-state index in [4.69, 9.17) is 9.16 Å². The average Bonchev–Trinajstić information content (AvgIpc) is 2.88. The van der Waals surface area contributed by atoms with Crippen LogP contribution in [0, 0.1) is 5.92 Å². The first-order valence-electron chi connectivity index (χ1n) is 14.2. The summed E-state index contributed by atoms with van der Waals surface area (Å²) >= 11 is 0. The molecule has 0 aliphatic heterocycles. The van der Waals surface area contributed by atoms with Crippen LogP contribution in [0.3, 0.4) is 0 Å². The van der Waals surface area contributed by atoms with Crippen molar-refractivity contribution < 1.29 is 14.3 Å². The van der Waals surface area contributed by atoms with Crippen LogP contribution in [0.25, 0.3) is 0 Å². The molecule has 1 N–H and O–H groups in total.